The number of nitrogens with zero attached hydrogens (tertiary/aromatic N) is 1. The molecule has 4 nitrogen and oxygen atoms in total. The molecule has 4 aromatic rings. The number of para-hydroxylation sites is 1. The Morgan fingerprint density at radius 3 is 2.81 bits per heavy atom. The smallest absolute Gasteiger partial charge is 0.260 e. The number of thiophene rings is 1. The van der Waals surface area contributed by atoms with Crippen LogP contribution in [0.2, 0.25) is 0 Å². The van der Waals surface area contributed by atoms with Crippen molar-refractivity contribution in [1.29, 1.82) is 0 Å². The average molecular weight is 396 g/mol. The summed E-state index contributed by atoms with van der Waals surface area (Å²) < 4.78 is 19.2. The predicted molar refractivity (Wildman–Crippen MR) is 106 cm³/mol. The average Bonchev–Trinajstić information content (AvgIpc) is 3.13. The van der Waals surface area contributed by atoms with Crippen LogP contribution in [0.1, 0.15) is 11.9 Å². The molecule has 1 atom stereocenters. The van der Waals surface area contributed by atoms with E-state index in [0.29, 0.717) is 21.8 Å². The van der Waals surface area contributed by atoms with Crippen LogP contribution in [0.15, 0.2) is 63.6 Å². The first-order valence-corrected chi connectivity index (χ1v) is 10.2. The van der Waals surface area contributed by atoms with Gasteiger partial charge in [0.2, 0.25) is 0 Å². The summed E-state index contributed by atoms with van der Waals surface area (Å²) in [6.45, 7) is 0. The van der Waals surface area contributed by atoms with Gasteiger partial charge in [-0.3, -0.25) is 4.79 Å². The SMILES string of the molecule is O=c1[nH]c([C@@H]2CSc3ccccc3O2)nc2scc(-c3ccc(F)cc3)c12. The quantitative estimate of drug-likeness (QED) is 0.517. The van der Waals surface area contributed by atoms with E-state index < -0.39 is 0 Å². The van der Waals surface area contributed by atoms with E-state index in [-0.39, 0.29) is 17.5 Å². The molecular weight excluding hydrogens is 383 g/mol. The Balaban J connectivity index is 1.55. The number of hydrogen-bond acceptors (Lipinski definition) is 5. The number of ether oxygens (including phenoxy) is 1. The highest BCUT2D eigenvalue weighted by Gasteiger charge is 2.25. The van der Waals surface area contributed by atoms with Crippen molar-refractivity contribution in [1.82, 2.24) is 9.97 Å². The molecule has 0 aliphatic carbocycles. The van der Waals surface area contributed by atoms with Crippen LogP contribution in [0.3, 0.4) is 0 Å². The van der Waals surface area contributed by atoms with Crippen LogP contribution in [0, 0.1) is 5.82 Å². The fraction of sp³-hybridized carbons (Fsp3) is 0.100. The zero-order valence-corrected chi connectivity index (χ0v) is 15.6. The molecule has 7 heteroatoms. The molecule has 1 aliphatic rings. The van der Waals surface area contributed by atoms with E-state index in [1.54, 1.807) is 23.9 Å². The first-order valence-electron chi connectivity index (χ1n) is 8.35. The highest BCUT2D eigenvalue weighted by Crippen LogP contribution is 2.40. The van der Waals surface area contributed by atoms with Gasteiger partial charge >= 0.3 is 0 Å². The Morgan fingerprint density at radius 1 is 1.15 bits per heavy atom. The third kappa shape index (κ3) is 2.93. The van der Waals surface area contributed by atoms with Crippen molar-refractivity contribution >= 4 is 33.3 Å². The maximum atomic E-state index is 13.2. The number of hydrogen-bond donors (Lipinski definition) is 1. The van der Waals surface area contributed by atoms with Gasteiger partial charge in [0.05, 0.1) is 5.39 Å². The van der Waals surface area contributed by atoms with Gasteiger partial charge in [0.1, 0.15) is 16.4 Å². The minimum Gasteiger partial charge on any atom is -0.480 e. The number of aromatic nitrogens is 2. The topological polar surface area (TPSA) is 55.0 Å². The number of H-pyrrole nitrogens is 1. The van der Waals surface area contributed by atoms with E-state index in [4.69, 9.17) is 4.74 Å². The zero-order chi connectivity index (χ0) is 18.4. The molecule has 27 heavy (non-hydrogen) atoms. The van der Waals surface area contributed by atoms with Gasteiger partial charge in [-0.05, 0) is 29.8 Å². The lowest BCUT2D eigenvalue weighted by atomic mass is 10.1. The second-order valence-electron chi connectivity index (χ2n) is 6.15. The minimum atomic E-state index is -0.307. The second kappa shape index (κ2) is 6.51. The lowest BCUT2D eigenvalue weighted by Gasteiger charge is -2.24. The van der Waals surface area contributed by atoms with Gasteiger partial charge in [-0.2, -0.15) is 0 Å². The fourth-order valence-corrected chi connectivity index (χ4v) is 5.06. The number of rotatable bonds is 2. The number of nitrogens with one attached hydrogen (secondary N) is 1. The summed E-state index contributed by atoms with van der Waals surface area (Å²) in [6.07, 6.45) is -0.307. The molecule has 1 N–H and O–H groups in total. The van der Waals surface area contributed by atoms with Crippen LogP contribution in [0.4, 0.5) is 4.39 Å². The van der Waals surface area contributed by atoms with Crippen LogP contribution < -0.4 is 10.3 Å². The van der Waals surface area contributed by atoms with E-state index in [1.165, 1.54) is 23.5 Å². The summed E-state index contributed by atoms with van der Waals surface area (Å²) >= 11 is 3.09. The molecule has 0 bridgehead atoms. The Kier molecular flexibility index (Phi) is 3.98. The van der Waals surface area contributed by atoms with Crippen LogP contribution in [-0.2, 0) is 0 Å². The number of halogens is 1. The summed E-state index contributed by atoms with van der Waals surface area (Å²) in [6, 6.07) is 14.0. The van der Waals surface area contributed by atoms with Crippen molar-refractivity contribution in [3.05, 3.63) is 75.9 Å². The maximum absolute atomic E-state index is 13.2. The molecule has 3 heterocycles. The minimum absolute atomic E-state index is 0.206. The van der Waals surface area contributed by atoms with E-state index in [0.717, 1.165) is 21.8 Å². The van der Waals surface area contributed by atoms with E-state index >= 15 is 0 Å². The first kappa shape index (κ1) is 16.5. The molecule has 0 amide bonds. The molecule has 0 fully saturated rings. The van der Waals surface area contributed by atoms with E-state index in [2.05, 4.69) is 9.97 Å². The molecule has 2 aromatic heterocycles. The molecule has 0 radical (unpaired) electrons. The molecule has 5 rings (SSSR count). The summed E-state index contributed by atoms with van der Waals surface area (Å²) in [7, 11) is 0. The highest BCUT2D eigenvalue weighted by atomic mass is 32.2. The van der Waals surface area contributed by atoms with Gasteiger partial charge < -0.3 is 9.72 Å². The van der Waals surface area contributed by atoms with Gasteiger partial charge in [0.25, 0.3) is 5.56 Å². The van der Waals surface area contributed by atoms with Crippen molar-refractivity contribution in [2.45, 2.75) is 11.0 Å². The van der Waals surface area contributed by atoms with Crippen molar-refractivity contribution < 1.29 is 9.13 Å². The highest BCUT2D eigenvalue weighted by molar-refractivity contribution is 7.99. The van der Waals surface area contributed by atoms with Gasteiger partial charge in [-0.25, -0.2) is 9.37 Å². The van der Waals surface area contributed by atoms with E-state index in [9.17, 15) is 9.18 Å². The third-order valence-corrected chi connectivity index (χ3v) is 6.42. The molecule has 0 saturated heterocycles. The molecule has 1 aliphatic heterocycles. The zero-order valence-electron chi connectivity index (χ0n) is 13.9. The number of aromatic amines is 1. The Labute approximate surface area is 162 Å². The van der Waals surface area contributed by atoms with Gasteiger partial charge in [0.15, 0.2) is 11.9 Å². The first-order chi connectivity index (χ1) is 13.2. The van der Waals surface area contributed by atoms with Crippen molar-refractivity contribution in [3.8, 4) is 16.9 Å². The predicted octanol–water partition coefficient (Wildman–Crippen LogP) is 5.02. The van der Waals surface area contributed by atoms with Crippen LogP contribution in [-0.4, -0.2) is 15.7 Å². The molecule has 134 valence electrons. The van der Waals surface area contributed by atoms with E-state index in [1.807, 2.05) is 29.6 Å². The Hall–Kier alpha value is -2.64. The standard InChI is InChI=1S/C20H13FN2O2S2/c21-12-7-5-11(6-8-12)13-9-27-20-17(13)19(24)22-18(23-20)15-10-26-16-4-2-1-3-14(16)25-15/h1-9,15H,10H2,(H,22,23,24)/t15-/m0/s1. The lowest BCUT2D eigenvalue weighted by molar-refractivity contribution is 0.210. The van der Waals surface area contributed by atoms with Crippen LogP contribution in [0.5, 0.6) is 5.75 Å². The monoisotopic (exact) mass is 396 g/mol. The Bertz CT molecular complexity index is 1200. The van der Waals surface area contributed by atoms with Crippen molar-refractivity contribution in [3.63, 3.8) is 0 Å². The third-order valence-electron chi connectivity index (χ3n) is 4.43. The Morgan fingerprint density at radius 2 is 1.96 bits per heavy atom. The molecule has 0 saturated carbocycles. The van der Waals surface area contributed by atoms with Gasteiger partial charge in [0, 0.05) is 21.6 Å². The normalized spacial score (nSPS) is 16.1. The van der Waals surface area contributed by atoms with Crippen molar-refractivity contribution in [2.24, 2.45) is 0 Å². The molecule has 0 spiro atoms. The number of thioether (sulfide) groups is 1. The van der Waals surface area contributed by atoms with Crippen molar-refractivity contribution in [2.75, 3.05) is 5.75 Å². The van der Waals surface area contributed by atoms with Gasteiger partial charge in [-0.1, -0.05) is 24.3 Å². The summed E-state index contributed by atoms with van der Waals surface area (Å²) in [5.74, 6) is 1.71. The fourth-order valence-electron chi connectivity index (χ4n) is 3.11. The molecule has 0 unspecified atom stereocenters. The second-order valence-corrected chi connectivity index (χ2v) is 8.07. The number of fused-ring (bicyclic) bond motifs is 2. The maximum Gasteiger partial charge on any atom is 0.260 e. The van der Waals surface area contributed by atoms with Gasteiger partial charge in [-0.15, -0.1) is 23.1 Å². The number of benzene rings is 2. The largest absolute Gasteiger partial charge is 0.480 e. The summed E-state index contributed by atoms with van der Waals surface area (Å²) in [4.78, 5) is 22.1. The lowest BCUT2D eigenvalue weighted by Crippen LogP contribution is -2.21. The summed E-state index contributed by atoms with van der Waals surface area (Å²) in [5, 5.41) is 2.41. The van der Waals surface area contributed by atoms with Crippen LogP contribution >= 0.6 is 23.1 Å². The molecule has 2 aromatic carbocycles. The molecular formula is C20H13FN2O2S2. The van der Waals surface area contributed by atoms with Crippen LogP contribution in [0.25, 0.3) is 21.3 Å². The summed E-state index contributed by atoms with van der Waals surface area (Å²) in [5.41, 5.74) is 1.35.